The van der Waals surface area contributed by atoms with Crippen LogP contribution in [0.25, 0.3) is 98.4 Å². The van der Waals surface area contributed by atoms with Crippen molar-refractivity contribution in [3.05, 3.63) is 205 Å². The molecule has 0 radical (unpaired) electrons. The van der Waals surface area contributed by atoms with Crippen LogP contribution in [0.3, 0.4) is 0 Å². The van der Waals surface area contributed by atoms with Gasteiger partial charge in [-0.05, 0) is 130 Å². The molecule has 0 aliphatic carbocycles. The van der Waals surface area contributed by atoms with Gasteiger partial charge in [0, 0.05) is 10.8 Å². The SMILES string of the molecule is [2H]c1c([2H])c([2H])c(Cc2c3c([2H])c([2H])c([2H])c([2H])c3c(-c3ccc4cc(-c5ccc6oc7cc(-c8cccc9ccccc89)ccc7c6c5)ccc4c3)c3c([2H])c([2H])c([2H])c([2H])c23)c([2H])c1[2H]. The molecule has 0 N–H and O–H groups in total. The van der Waals surface area contributed by atoms with Gasteiger partial charge in [-0.1, -0.05) is 157 Å². The van der Waals surface area contributed by atoms with Crippen molar-refractivity contribution in [3.63, 3.8) is 0 Å². The summed E-state index contributed by atoms with van der Waals surface area (Å²) in [4.78, 5) is 0. The van der Waals surface area contributed by atoms with Crippen molar-refractivity contribution in [2.24, 2.45) is 0 Å². The van der Waals surface area contributed by atoms with Crippen molar-refractivity contribution in [1.29, 1.82) is 0 Å². The smallest absolute Gasteiger partial charge is 0.136 e. The summed E-state index contributed by atoms with van der Waals surface area (Å²) in [6.45, 7) is 0. The number of furan rings is 1. The summed E-state index contributed by atoms with van der Waals surface area (Å²) in [6, 6.07) is 31.3. The van der Waals surface area contributed by atoms with E-state index in [4.69, 9.17) is 16.8 Å². The Morgan fingerprint density at radius 3 is 1.81 bits per heavy atom. The summed E-state index contributed by atoms with van der Waals surface area (Å²) in [7, 11) is 0. The van der Waals surface area contributed by atoms with E-state index in [1.807, 2.05) is 54.6 Å². The van der Waals surface area contributed by atoms with Crippen LogP contribution in [-0.2, 0) is 6.42 Å². The Bertz CT molecular complexity index is 3890. The largest absolute Gasteiger partial charge is 0.456 e. The lowest BCUT2D eigenvalue weighted by Gasteiger charge is -2.18. The fourth-order valence-corrected chi connectivity index (χ4v) is 7.89. The van der Waals surface area contributed by atoms with E-state index in [1.165, 1.54) is 0 Å². The first-order valence-corrected chi connectivity index (χ1v) is 17.6. The van der Waals surface area contributed by atoms with E-state index in [9.17, 15) is 5.48 Å². The molecule has 1 heterocycles. The second-order valence-electron chi connectivity index (χ2n) is 13.5. The molecule has 0 fully saturated rings. The Labute approximate surface area is 331 Å². The van der Waals surface area contributed by atoms with Crippen LogP contribution in [-0.4, -0.2) is 0 Å². The molecule has 54 heavy (non-hydrogen) atoms. The molecule has 10 aromatic carbocycles. The number of benzene rings is 10. The Morgan fingerprint density at radius 1 is 0.389 bits per heavy atom. The van der Waals surface area contributed by atoms with Crippen LogP contribution in [0.1, 0.15) is 28.9 Å². The highest BCUT2D eigenvalue weighted by Gasteiger charge is 2.17. The molecule has 0 saturated heterocycles. The molecule has 11 rings (SSSR count). The molecule has 0 unspecified atom stereocenters. The normalized spacial score (nSPS) is 15.1. The summed E-state index contributed by atoms with van der Waals surface area (Å²) in [5.41, 5.74) is 5.99. The monoisotopic (exact) mass is 699 g/mol. The van der Waals surface area contributed by atoms with Crippen molar-refractivity contribution >= 4 is 65.0 Å². The molecule has 11 aromatic rings. The molecule has 0 saturated carbocycles. The minimum atomic E-state index is -0.615. The second-order valence-corrected chi connectivity index (χ2v) is 13.5. The molecule has 252 valence electrons. The van der Waals surface area contributed by atoms with Gasteiger partial charge in [-0.25, -0.2) is 0 Å². The molecule has 0 atom stereocenters. The van der Waals surface area contributed by atoms with Crippen LogP contribution in [0.4, 0.5) is 0 Å². The predicted molar refractivity (Wildman–Crippen MR) is 229 cm³/mol. The molecule has 0 spiro atoms. The highest BCUT2D eigenvalue weighted by atomic mass is 16.3. The molecule has 0 aliphatic heterocycles. The maximum Gasteiger partial charge on any atom is 0.136 e. The molecule has 0 bridgehead atoms. The van der Waals surface area contributed by atoms with Gasteiger partial charge in [-0.3, -0.25) is 0 Å². The van der Waals surface area contributed by atoms with Crippen LogP contribution in [0, 0.1) is 0 Å². The summed E-state index contributed by atoms with van der Waals surface area (Å²) in [6.07, 6.45) is -0.486. The standard InChI is InChI=1S/C53H34O/c1-2-11-34(12-3-1)29-49-44-16-6-8-18-47(44)53(48-19-9-7-17-45(48)49)41-24-23-36-30-37(21-22-38(36)31-41)39-26-28-51-50(32-39)46-27-25-40(33-52(46)54-51)43-20-10-14-35-13-4-5-15-42(35)43/h1-28,30-33H,29H2/i1D,2D,3D,6D,7D,8D,9D,11D,12D,16D,17D,18D,19D. The van der Waals surface area contributed by atoms with Gasteiger partial charge in [0.05, 0.1) is 17.8 Å². The topological polar surface area (TPSA) is 13.1 Å². The van der Waals surface area contributed by atoms with E-state index >= 15 is 0 Å². The van der Waals surface area contributed by atoms with Gasteiger partial charge in [-0.15, -0.1) is 0 Å². The van der Waals surface area contributed by atoms with Crippen LogP contribution in [0.5, 0.6) is 0 Å². The van der Waals surface area contributed by atoms with E-state index < -0.39 is 85.0 Å². The van der Waals surface area contributed by atoms with Crippen LogP contribution < -0.4 is 0 Å². The van der Waals surface area contributed by atoms with Crippen molar-refractivity contribution in [2.75, 3.05) is 0 Å². The number of rotatable bonds is 5. The first kappa shape index (κ1) is 20.3. The summed E-state index contributed by atoms with van der Waals surface area (Å²) < 4.78 is 121. The van der Waals surface area contributed by atoms with E-state index in [-0.39, 0.29) is 38.2 Å². The number of fused-ring (bicyclic) bond motifs is 7. The first-order valence-electron chi connectivity index (χ1n) is 24.1. The van der Waals surface area contributed by atoms with E-state index in [1.54, 1.807) is 6.07 Å². The number of hydrogen-bond donors (Lipinski definition) is 0. The van der Waals surface area contributed by atoms with Crippen LogP contribution >= 0.6 is 0 Å². The van der Waals surface area contributed by atoms with E-state index in [0.29, 0.717) is 5.56 Å². The third-order valence-corrected chi connectivity index (χ3v) is 10.4. The third kappa shape index (κ3) is 5.01. The van der Waals surface area contributed by atoms with Gasteiger partial charge in [0.1, 0.15) is 11.2 Å². The zero-order valence-electron chi connectivity index (χ0n) is 41.6. The fourth-order valence-electron chi connectivity index (χ4n) is 7.89. The summed E-state index contributed by atoms with van der Waals surface area (Å²) in [5.74, 6) is 0. The Hall–Kier alpha value is -6.96. The van der Waals surface area contributed by atoms with Gasteiger partial charge in [0.2, 0.25) is 0 Å². The number of hydrogen-bond acceptors (Lipinski definition) is 1. The lowest BCUT2D eigenvalue weighted by atomic mass is 9.86. The second kappa shape index (κ2) is 12.3. The van der Waals surface area contributed by atoms with Crippen molar-refractivity contribution in [1.82, 2.24) is 0 Å². The average molecular weight is 700 g/mol. The lowest BCUT2D eigenvalue weighted by Crippen LogP contribution is -1.95. The van der Waals surface area contributed by atoms with E-state index in [2.05, 4.69) is 54.6 Å². The maximum atomic E-state index is 9.28. The first-order chi connectivity index (χ1) is 32.1. The zero-order chi connectivity index (χ0) is 46.9. The molecule has 0 aliphatic rings. The highest BCUT2D eigenvalue weighted by molar-refractivity contribution is 6.16. The van der Waals surface area contributed by atoms with Gasteiger partial charge in [-0.2, -0.15) is 0 Å². The lowest BCUT2D eigenvalue weighted by molar-refractivity contribution is 0.669. The molecule has 1 nitrogen and oxygen atoms in total. The molecular formula is C53H34O. The van der Waals surface area contributed by atoms with Crippen molar-refractivity contribution < 1.29 is 22.2 Å². The quantitative estimate of drug-likeness (QED) is 0.163. The summed E-state index contributed by atoms with van der Waals surface area (Å²) >= 11 is 0. The Balaban J connectivity index is 1.08. The van der Waals surface area contributed by atoms with Crippen LogP contribution in [0.15, 0.2) is 198 Å². The van der Waals surface area contributed by atoms with E-state index in [0.717, 1.165) is 65.7 Å². The Kier molecular flexibility index (Phi) is 4.64. The predicted octanol–water partition coefficient (Wildman–Crippen LogP) is 14.8. The Morgan fingerprint density at radius 2 is 1.02 bits per heavy atom. The maximum absolute atomic E-state index is 9.28. The highest BCUT2D eigenvalue weighted by Crippen LogP contribution is 2.42. The molecule has 1 aromatic heterocycles. The zero-order valence-corrected chi connectivity index (χ0v) is 28.6. The molecule has 1 heteroatoms. The molecule has 0 amide bonds. The van der Waals surface area contributed by atoms with Gasteiger partial charge < -0.3 is 4.42 Å². The average Bonchev–Trinajstić information content (AvgIpc) is 3.72. The van der Waals surface area contributed by atoms with Gasteiger partial charge in [0.15, 0.2) is 0 Å². The summed E-state index contributed by atoms with van der Waals surface area (Å²) in [5, 5.41) is 5.68. The third-order valence-electron chi connectivity index (χ3n) is 10.4. The minimum absolute atomic E-state index is 0.00987. The van der Waals surface area contributed by atoms with Gasteiger partial charge in [0.25, 0.3) is 0 Å². The van der Waals surface area contributed by atoms with Crippen molar-refractivity contribution in [2.45, 2.75) is 6.42 Å². The van der Waals surface area contributed by atoms with Crippen LogP contribution in [0.2, 0.25) is 0 Å². The van der Waals surface area contributed by atoms with Gasteiger partial charge >= 0.3 is 0 Å². The van der Waals surface area contributed by atoms with Crippen molar-refractivity contribution in [3.8, 4) is 33.4 Å². The fraction of sp³-hybridized carbons (Fsp3) is 0.0189. The molecular weight excluding hydrogens is 653 g/mol. The minimum Gasteiger partial charge on any atom is -0.456 e.